The zero-order valence-electron chi connectivity index (χ0n) is 14.3. The molecule has 0 unspecified atom stereocenters. The van der Waals surface area contributed by atoms with E-state index in [9.17, 15) is 18.0 Å². The molecule has 0 aliphatic heterocycles. The van der Waals surface area contributed by atoms with Crippen molar-refractivity contribution in [1.29, 1.82) is 0 Å². The molecule has 0 radical (unpaired) electrons. The Morgan fingerprint density at radius 3 is 2.56 bits per heavy atom. The lowest BCUT2D eigenvalue weighted by atomic mass is 10.0. The van der Waals surface area contributed by atoms with Crippen LogP contribution in [0.3, 0.4) is 0 Å². The summed E-state index contributed by atoms with van der Waals surface area (Å²) < 4.78 is 37.7. The van der Waals surface area contributed by atoms with Gasteiger partial charge in [-0.15, -0.1) is 0 Å². The van der Waals surface area contributed by atoms with Gasteiger partial charge in [0.15, 0.2) is 0 Å². The second-order valence-corrected chi connectivity index (χ2v) is 6.24. The number of benzene rings is 2. The third-order valence-electron chi connectivity index (χ3n) is 4.23. The van der Waals surface area contributed by atoms with Crippen molar-refractivity contribution in [1.82, 2.24) is 4.98 Å². The lowest BCUT2D eigenvalue weighted by Gasteiger charge is -2.13. The van der Waals surface area contributed by atoms with Gasteiger partial charge in [-0.05, 0) is 54.8 Å². The molecule has 3 aromatic rings. The highest BCUT2D eigenvalue weighted by molar-refractivity contribution is 5.96. The number of pyridine rings is 1. The van der Waals surface area contributed by atoms with Crippen LogP contribution in [0.4, 0.5) is 18.9 Å². The van der Waals surface area contributed by atoms with Crippen LogP contribution in [0, 0.1) is 0 Å². The van der Waals surface area contributed by atoms with Gasteiger partial charge in [0, 0.05) is 17.3 Å². The molecule has 0 aliphatic carbocycles. The second kappa shape index (κ2) is 7.75. The molecular weight excluding hydrogens is 355 g/mol. The van der Waals surface area contributed by atoms with E-state index in [-0.39, 0.29) is 5.91 Å². The number of carbonyl (C=O) groups excluding carboxylic acids is 1. The van der Waals surface area contributed by atoms with Crippen LogP contribution < -0.4 is 11.1 Å². The molecule has 1 aromatic heterocycles. The molecule has 3 N–H and O–H groups in total. The molecule has 7 heteroatoms. The Morgan fingerprint density at radius 1 is 1.11 bits per heavy atom. The summed E-state index contributed by atoms with van der Waals surface area (Å²) in [6, 6.07) is 13.2. The van der Waals surface area contributed by atoms with E-state index in [1.165, 1.54) is 12.1 Å². The molecule has 0 saturated carbocycles. The zero-order chi connectivity index (χ0) is 19.4. The van der Waals surface area contributed by atoms with E-state index in [2.05, 4.69) is 10.3 Å². The van der Waals surface area contributed by atoms with Gasteiger partial charge in [0.25, 0.3) is 0 Å². The number of nitrogens with zero attached hydrogens (tertiary/aromatic N) is 1. The van der Waals surface area contributed by atoms with Gasteiger partial charge in [0.05, 0.1) is 17.1 Å². The largest absolute Gasteiger partial charge is 0.416 e. The van der Waals surface area contributed by atoms with Crippen LogP contribution in [-0.2, 0) is 17.4 Å². The van der Waals surface area contributed by atoms with Crippen molar-refractivity contribution in [2.75, 3.05) is 5.32 Å². The Hall–Kier alpha value is -2.93. The summed E-state index contributed by atoms with van der Waals surface area (Å²) in [5, 5.41) is 3.66. The molecule has 1 atom stereocenters. The smallest absolute Gasteiger partial charge is 0.325 e. The molecule has 1 heterocycles. The summed E-state index contributed by atoms with van der Waals surface area (Å²) in [6.45, 7) is 0. The van der Waals surface area contributed by atoms with Gasteiger partial charge in [0.2, 0.25) is 5.91 Å². The second-order valence-electron chi connectivity index (χ2n) is 6.24. The maximum Gasteiger partial charge on any atom is 0.416 e. The van der Waals surface area contributed by atoms with Gasteiger partial charge >= 0.3 is 6.18 Å². The van der Waals surface area contributed by atoms with Crippen LogP contribution in [-0.4, -0.2) is 16.9 Å². The van der Waals surface area contributed by atoms with Gasteiger partial charge in [-0.25, -0.2) is 0 Å². The van der Waals surface area contributed by atoms with Crippen LogP contribution in [0.1, 0.15) is 17.5 Å². The molecule has 0 fully saturated rings. The first kappa shape index (κ1) is 18.8. The SMILES string of the molecule is N[C@H](CCc1ccc(C(F)(F)F)cc1)C(=O)Nc1ccc2ncccc2c1. The number of halogens is 3. The number of fused-ring (bicyclic) bond motifs is 1. The van der Waals surface area contributed by atoms with Crippen LogP contribution in [0.5, 0.6) is 0 Å². The zero-order valence-corrected chi connectivity index (χ0v) is 14.3. The highest BCUT2D eigenvalue weighted by atomic mass is 19.4. The molecular formula is C20H18F3N3O. The molecule has 1 amide bonds. The van der Waals surface area contributed by atoms with Crippen molar-refractivity contribution in [2.24, 2.45) is 5.73 Å². The van der Waals surface area contributed by atoms with Crippen molar-refractivity contribution in [2.45, 2.75) is 25.1 Å². The fourth-order valence-electron chi connectivity index (χ4n) is 2.70. The third-order valence-corrected chi connectivity index (χ3v) is 4.23. The van der Waals surface area contributed by atoms with E-state index in [0.717, 1.165) is 23.0 Å². The molecule has 3 rings (SSSR count). The molecule has 0 saturated heterocycles. The van der Waals surface area contributed by atoms with E-state index < -0.39 is 17.8 Å². The predicted octanol–water partition coefficient (Wildman–Crippen LogP) is 4.15. The Labute approximate surface area is 154 Å². The molecule has 2 aromatic carbocycles. The molecule has 0 aliphatic rings. The van der Waals surface area contributed by atoms with Crippen LogP contribution in [0.25, 0.3) is 10.9 Å². The molecule has 4 nitrogen and oxygen atoms in total. The number of aryl methyl sites for hydroxylation is 1. The number of hydrogen-bond acceptors (Lipinski definition) is 3. The lowest BCUT2D eigenvalue weighted by Crippen LogP contribution is -2.36. The first-order valence-electron chi connectivity index (χ1n) is 8.40. The highest BCUT2D eigenvalue weighted by Crippen LogP contribution is 2.29. The van der Waals surface area contributed by atoms with Crippen molar-refractivity contribution >= 4 is 22.5 Å². The summed E-state index contributed by atoms with van der Waals surface area (Å²) in [5.41, 5.74) is 7.36. The van der Waals surface area contributed by atoms with E-state index in [1.807, 2.05) is 18.2 Å². The maximum atomic E-state index is 12.6. The quantitative estimate of drug-likeness (QED) is 0.706. The van der Waals surface area contributed by atoms with Crippen molar-refractivity contribution in [3.8, 4) is 0 Å². The number of carbonyl (C=O) groups is 1. The Bertz CT molecular complexity index is 939. The first-order valence-corrected chi connectivity index (χ1v) is 8.40. The van der Waals surface area contributed by atoms with Crippen molar-refractivity contribution in [3.05, 3.63) is 71.9 Å². The van der Waals surface area contributed by atoms with Gasteiger partial charge < -0.3 is 11.1 Å². The average Bonchev–Trinajstić information content (AvgIpc) is 2.65. The van der Waals surface area contributed by atoms with Gasteiger partial charge in [-0.2, -0.15) is 13.2 Å². The van der Waals surface area contributed by atoms with Crippen LogP contribution >= 0.6 is 0 Å². The van der Waals surface area contributed by atoms with E-state index in [4.69, 9.17) is 5.73 Å². The summed E-state index contributed by atoms with van der Waals surface area (Å²) in [6.07, 6.45) is -1.93. The first-order chi connectivity index (χ1) is 12.8. The average molecular weight is 373 g/mol. The number of amides is 1. The lowest BCUT2D eigenvalue weighted by molar-refractivity contribution is -0.137. The fraction of sp³-hybridized carbons (Fsp3) is 0.200. The number of nitrogens with two attached hydrogens (primary N) is 1. The normalized spacial score (nSPS) is 12.7. The Balaban J connectivity index is 1.57. The van der Waals surface area contributed by atoms with E-state index in [1.54, 1.807) is 18.3 Å². The van der Waals surface area contributed by atoms with Crippen molar-refractivity contribution < 1.29 is 18.0 Å². The number of hydrogen-bond donors (Lipinski definition) is 2. The highest BCUT2D eigenvalue weighted by Gasteiger charge is 2.29. The number of aromatic nitrogens is 1. The summed E-state index contributed by atoms with van der Waals surface area (Å²) in [7, 11) is 0. The van der Waals surface area contributed by atoms with Crippen LogP contribution in [0.15, 0.2) is 60.8 Å². The van der Waals surface area contributed by atoms with Gasteiger partial charge in [0.1, 0.15) is 0 Å². The van der Waals surface area contributed by atoms with E-state index >= 15 is 0 Å². The monoisotopic (exact) mass is 373 g/mol. The number of rotatable bonds is 5. The summed E-state index contributed by atoms with van der Waals surface area (Å²) in [4.78, 5) is 16.5. The molecule has 0 bridgehead atoms. The predicted molar refractivity (Wildman–Crippen MR) is 98.1 cm³/mol. The summed E-state index contributed by atoms with van der Waals surface area (Å²) in [5.74, 6) is -0.342. The fourth-order valence-corrected chi connectivity index (χ4v) is 2.70. The standard InChI is InChI=1S/C20H18F3N3O/c21-20(22,23)15-6-3-13(4-7-15)5-9-17(24)19(27)26-16-8-10-18-14(12-16)2-1-11-25-18/h1-4,6-8,10-12,17H,5,9,24H2,(H,26,27)/t17-/m1/s1. The molecule has 0 spiro atoms. The minimum absolute atomic E-state index is 0.326. The number of alkyl halides is 3. The van der Waals surface area contributed by atoms with Gasteiger partial charge in [-0.1, -0.05) is 18.2 Å². The number of nitrogens with one attached hydrogen (secondary N) is 1. The minimum atomic E-state index is -4.36. The minimum Gasteiger partial charge on any atom is -0.325 e. The molecule has 27 heavy (non-hydrogen) atoms. The topological polar surface area (TPSA) is 68.0 Å². The summed E-state index contributed by atoms with van der Waals surface area (Å²) >= 11 is 0. The Morgan fingerprint density at radius 2 is 1.85 bits per heavy atom. The van der Waals surface area contributed by atoms with Crippen LogP contribution in [0.2, 0.25) is 0 Å². The van der Waals surface area contributed by atoms with Gasteiger partial charge in [-0.3, -0.25) is 9.78 Å². The maximum absolute atomic E-state index is 12.6. The van der Waals surface area contributed by atoms with Crippen molar-refractivity contribution in [3.63, 3.8) is 0 Å². The number of anilines is 1. The third kappa shape index (κ3) is 4.83. The Kier molecular flexibility index (Phi) is 5.41. The van der Waals surface area contributed by atoms with E-state index in [0.29, 0.717) is 24.1 Å². The molecule has 140 valence electrons.